The highest BCUT2D eigenvalue weighted by Gasteiger charge is 2.43. The molecule has 264 valence electrons. The van der Waals surface area contributed by atoms with Gasteiger partial charge in [0.05, 0.1) is 12.1 Å². The lowest BCUT2D eigenvalue weighted by molar-refractivity contribution is -0.143. The van der Waals surface area contributed by atoms with Gasteiger partial charge in [0, 0.05) is 32.6 Å². The first-order chi connectivity index (χ1) is 22.2. The van der Waals surface area contributed by atoms with Crippen molar-refractivity contribution in [3.8, 4) is 0 Å². The zero-order valence-corrected chi connectivity index (χ0v) is 29.2. The van der Waals surface area contributed by atoms with Crippen molar-refractivity contribution in [2.75, 3.05) is 26.2 Å². The molecular weight excluding hydrogens is 600 g/mol. The number of carbonyl (C=O) groups excluding carboxylic acids is 6. The lowest BCUT2D eigenvalue weighted by atomic mass is 9.81. The van der Waals surface area contributed by atoms with Crippen molar-refractivity contribution in [3.63, 3.8) is 0 Å². The van der Waals surface area contributed by atoms with Crippen LogP contribution in [0.2, 0.25) is 0 Å². The van der Waals surface area contributed by atoms with Crippen LogP contribution in [0.3, 0.4) is 0 Å². The van der Waals surface area contributed by atoms with Crippen molar-refractivity contribution in [3.05, 3.63) is 12.7 Å². The highest BCUT2D eigenvalue weighted by molar-refractivity contribution is 6.38. The number of carbonyl (C=O) groups is 6. The van der Waals surface area contributed by atoms with Crippen molar-refractivity contribution in [1.29, 1.82) is 0 Å². The minimum absolute atomic E-state index is 0.0501. The Bertz CT molecular complexity index is 1150. The number of amides is 6. The maximum absolute atomic E-state index is 14.1. The third-order valence-corrected chi connectivity index (χ3v) is 9.78. The number of nitrogens with one attached hydrogen (secondary N) is 4. The molecule has 0 aromatic heterocycles. The van der Waals surface area contributed by atoms with Crippen LogP contribution >= 0.6 is 0 Å². The summed E-state index contributed by atoms with van der Waals surface area (Å²) in [6, 6.07) is -3.58. The second kappa shape index (κ2) is 17.6. The first-order valence-corrected chi connectivity index (χ1v) is 17.6. The summed E-state index contributed by atoms with van der Waals surface area (Å²) >= 11 is 0. The van der Waals surface area contributed by atoms with E-state index in [1.54, 1.807) is 4.90 Å². The Labute approximate surface area is 280 Å². The van der Waals surface area contributed by atoms with Crippen LogP contribution in [0.15, 0.2) is 12.7 Å². The lowest BCUT2D eigenvalue weighted by Gasteiger charge is -2.37. The number of likely N-dealkylation sites (tertiary alicyclic amines) is 2. The smallest absolute Gasteiger partial charge is 0.315 e. The fourth-order valence-electron chi connectivity index (χ4n) is 6.51. The van der Waals surface area contributed by atoms with Gasteiger partial charge in [0.1, 0.15) is 12.1 Å². The molecule has 12 heteroatoms. The average molecular weight is 659 g/mol. The third kappa shape index (κ3) is 11.1. The van der Waals surface area contributed by atoms with Crippen LogP contribution in [0, 0.1) is 17.3 Å². The summed E-state index contributed by atoms with van der Waals surface area (Å²) in [5.74, 6) is -1.57. The van der Waals surface area contributed by atoms with Crippen LogP contribution in [0.1, 0.15) is 105 Å². The van der Waals surface area contributed by atoms with Crippen LogP contribution < -0.4 is 21.3 Å². The summed E-state index contributed by atoms with van der Waals surface area (Å²) in [5, 5.41) is 11.2. The Hall–Kier alpha value is -3.44. The minimum Gasteiger partial charge on any atom is -0.346 e. The van der Waals surface area contributed by atoms with Crippen molar-refractivity contribution in [2.24, 2.45) is 17.3 Å². The average Bonchev–Trinajstić information content (AvgIpc) is 3.49. The van der Waals surface area contributed by atoms with Crippen LogP contribution in [-0.4, -0.2) is 95.6 Å². The molecule has 2 saturated heterocycles. The predicted molar refractivity (Wildman–Crippen MR) is 180 cm³/mol. The van der Waals surface area contributed by atoms with Gasteiger partial charge in [0.25, 0.3) is 5.91 Å². The molecule has 0 bridgehead atoms. The van der Waals surface area contributed by atoms with Crippen LogP contribution in [0.4, 0.5) is 4.79 Å². The number of nitrogens with zero attached hydrogens (tertiary/aromatic N) is 2. The van der Waals surface area contributed by atoms with E-state index >= 15 is 0 Å². The lowest BCUT2D eigenvalue weighted by Crippen LogP contribution is -2.61. The number of rotatable bonds is 16. The summed E-state index contributed by atoms with van der Waals surface area (Å²) < 4.78 is 0. The molecule has 4 atom stereocenters. The van der Waals surface area contributed by atoms with Gasteiger partial charge in [-0.3, -0.25) is 24.0 Å². The molecule has 6 amide bonds. The summed E-state index contributed by atoms with van der Waals surface area (Å²) in [7, 11) is 0. The topological polar surface area (TPSA) is 157 Å². The Morgan fingerprint density at radius 3 is 2.28 bits per heavy atom. The van der Waals surface area contributed by atoms with Gasteiger partial charge in [-0.1, -0.05) is 72.8 Å². The highest BCUT2D eigenvalue weighted by Crippen LogP contribution is 2.31. The van der Waals surface area contributed by atoms with E-state index in [9.17, 15) is 28.8 Å². The number of piperidine rings is 1. The zero-order chi connectivity index (χ0) is 34.7. The fourth-order valence-corrected chi connectivity index (χ4v) is 6.51. The molecule has 1 unspecified atom stereocenters. The Kier molecular flexibility index (Phi) is 14.3. The van der Waals surface area contributed by atoms with E-state index in [1.807, 2.05) is 34.6 Å². The van der Waals surface area contributed by atoms with E-state index in [0.29, 0.717) is 57.7 Å². The Balaban J connectivity index is 1.68. The van der Waals surface area contributed by atoms with E-state index in [-0.39, 0.29) is 30.3 Å². The van der Waals surface area contributed by atoms with Crippen molar-refractivity contribution < 1.29 is 28.8 Å². The molecule has 1 aliphatic carbocycles. The fraction of sp³-hybridized carbons (Fsp3) is 0.771. The van der Waals surface area contributed by atoms with Crippen molar-refractivity contribution >= 4 is 35.4 Å². The normalized spacial score (nSPS) is 20.6. The minimum atomic E-state index is -0.994. The van der Waals surface area contributed by atoms with Gasteiger partial charge in [-0.2, -0.15) is 0 Å². The largest absolute Gasteiger partial charge is 0.346 e. The summed E-state index contributed by atoms with van der Waals surface area (Å²) in [4.78, 5) is 82.4. The molecule has 3 fully saturated rings. The number of hydrogen-bond acceptors (Lipinski definition) is 6. The monoisotopic (exact) mass is 658 g/mol. The summed E-state index contributed by atoms with van der Waals surface area (Å²) in [6.07, 6.45) is 10.3. The standard InChI is InChI=1S/C35H58N6O6/c1-7-19-36-32(45)29(43)25(16-11-15-24-13-10-14-24)37-31(44)27-17-12-21-41(27)33(46)30(35(4,5)6)39-34(47)38-26(23(2)3)22-40-20-9-8-18-28(40)42/h7,23-27,30H,1,8-22H2,2-6H3,(H,36,45)(H,37,44)(H2,38,39,47)/t25?,26-,27+,30-/m1/s1. The zero-order valence-electron chi connectivity index (χ0n) is 29.2. The van der Waals surface area contributed by atoms with Crippen molar-refractivity contribution in [2.45, 2.75) is 129 Å². The van der Waals surface area contributed by atoms with Gasteiger partial charge in [-0.25, -0.2) is 4.79 Å². The molecule has 0 radical (unpaired) electrons. The number of urea groups is 1. The van der Waals surface area contributed by atoms with Gasteiger partial charge in [-0.05, 0) is 49.4 Å². The van der Waals surface area contributed by atoms with Crippen molar-refractivity contribution in [1.82, 2.24) is 31.1 Å². The number of Topliss-reactive ketones (excluding diaryl/α,β-unsaturated/α-hetero) is 1. The molecule has 1 saturated carbocycles. The van der Waals surface area contributed by atoms with Gasteiger partial charge in [0.2, 0.25) is 23.5 Å². The molecule has 2 heterocycles. The van der Waals surface area contributed by atoms with Gasteiger partial charge < -0.3 is 31.1 Å². The Morgan fingerprint density at radius 2 is 1.68 bits per heavy atom. The van der Waals surface area contributed by atoms with E-state index in [2.05, 4.69) is 27.8 Å². The van der Waals surface area contributed by atoms with Crippen LogP contribution in [-0.2, 0) is 24.0 Å². The molecule has 4 N–H and O–H groups in total. The summed E-state index contributed by atoms with van der Waals surface area (Å²) in [5.41, 5.74) is -0.683. The highest BCUT2D eigenvalue weighted by atomic mass is 16.2. The predicted octanol–water partition coefficient (Wildman–Crippen LogP) is 3.05. The first kappa shape index (κ1) is 38.0. The maximum Gasteiger partial charge on any atom is 0.315 e. The third-order valence-electron chi connectivity index (χ3n) is 9.78. The molecule has 12 nitrogen and oxygen atoms in total. The Morgan fingerprint density at radius 1 is 0.957 bits per heavy atom. The first-order valence-electron chi connectivity index (χ1n) is 17.6. The molecule has 2 aliphatic heterocycles. The summed E-state index contributed by atoms with van der Waals surface area (Å²) in [6.45, 7) is 14.6. The number of ketones is 1. The van der Waals surface area contributed by atoms with Crippen LogP contribution in [0.25, 0.3) is 0 Å². The van der Waals surface area contributed by atoms with Gasteiger partial charge >= 0.3 is 6.03 Å². The molecule has 47 heavy (non-hydrogen) atoms. The van der Waals surface area contributed by atoms with E-state index in [4.69, 9.17) is 0 Å². The number of hydrogen-bond donors (Lipinski definition) is 4. The molecule has 0 aromatic carbocycles. The maximum atomic E-state index is 14.1. The molecule has 0 spiro atoms. The van der Waals surface area contributed by atoms with Crippen LogP contribution in [0.5, 0.6) is 0 Å². The second-order valence-corrected chi connectivity index (χ2v) is 14.9. The SMILES string of the molecule is C=CCNC(=O)C(=O)C(CCCC1CCC1)NC(=O)[C@@H]1CCCN1C(=O)[C@@H](NC(=O)N[C@H](CN1CCCCC1=O)C(C)C)C(C)(C)C. The second-order valence-electron chi connectivity index (χ2n) is 14.9. The van der Waals surface area contributed by atoms with E-state index in [0.717, 1.165) is 19.3 Å². The molecule has 3 rings (SSSR count). The quantitative estimate of drug-likeness (QED) is 0.148. The van der Waals surface area contributed by atoms with E-state index in [1.165, 1.54) is 30.2 Å². The van der Waals surface area contributed by atoms with Gasteiger partial charge in [0.15, 0.2) is 0 Å². The van der Waals surface area contributed by atoms with Gasteiger partial charge in [-0.15, -0.1) is 6.58 Å². The van der Waals surface area contributed by atoms with E-state index < -0.39 is 47.2 Å². The molecule has 0 aromatic rings. The molecule has 3 aliphatic rings. The molecular formula is C35H58N6O6.